The van der Waals surface area contributed by atoms with Crippen molar-refractivity contribution in [2.24, 2.45) is 0 Å². The number of aryl methyl sites for hydroxylation is 4. The molecule has 172 valence electrons. The quantitative estimate of drug-likeness (QED) is 0.435. The lowest BCUT2D eigenvalue weighted by atomic mass is 9.94. The maximum atomic E-state index is 13.4. The summed E-state index contributed by atoms with van der Waals surface area (Å²) in [6, 6.07) is 1.97. The van der Waals surface area contributed by atoms with Crippen molar-refractivity contribution in [3.05, 3.63) is 54.4 Å². The monoisotopic (exact) mass is 496 g/mol. The van der Waals surface area contributed by atoms with Gasteiger partial charge in [0.25, 0.3) is 15.9 Å². The van der Waals surface area contributed by atoms with Crippen LogP contribution in [0.15, 0.2) is 15.5 Å². The van der Waals surface area contributed by atoms with Crippen molar-refractivity contribution >= 4 is 44.6 Å². The lowest BCUT2D eigenvalue weighted by Crippen LogP contribution is -2.17. The number of sulfonamides is 1. The van der Waals surface area contributed by atoms with E-state index < -0.39 is 10.0 Å². The van der Waals surface area contributed by atoms with Gasteiger partial charge in [-0.1, -0.05) is 22.8 Å². The van der Waals surface area contributed by atoms with Crippen molar-refractivity contribution in [1.29, 1.82) is 0 Å². The molecule has 0 aliphatic carbocycles. The number of ketones is 1. The van der Waals surface area contributed by atoms with Crippen molar-refractivity contribution in [3.63, 3.8) is 0 Å². The minimum atomic E-state index is -4.14. The molecule has 0 saturated heterocycles. The van der Waals surface area contributed by atoms with Crippen LogP contribution in [0.2, 0.25) is 5.02 Å². The van der Waals surface area contributed by atoms with E-state index in [9.17, 15) is 13.2 Å². The number of hydrogen-bond donors (Lipinski definition) is 1. The SMILES string of the molecule is COc1c(C)cc(C)c(CC(=O)c2sc(C)c(C)c2S(=O)(=O)Nc2onc(C)c2Cl)c1C. The number of hydrogen-bond acceptors (Lipinski definition) is 7. The van der Waals surface area contributed by atoms with Crippen LogP contribution in [0.5, 0.6) is 5.75 Å². The van der Waals surface area contributed by atoms with Crippen molar-refractivity contribution in [1.82, 2.24) is 5.16 Å². The Morgan fingerprint density at radius 2 is 1.81 bits per heavy atom. The fourth-order valence-electron chi connectivity index (χ4n) is 3.74. The summed E-state index contributed by atoms with van der Waals surface area (Å²) in [6.45, 7) is 10.8. The molecular weight excluding hydrogens is 472 g/mol. The molecule has 2 aromatic heterocycles. The number of nitrogens with one attached hydrogen (secondary N) is 1. The van der Waals surface area contributed by atoms with Crippen LogP contribution in [-0.2, 0) is 16.4 Å². The molecule has 0 amide bonds. The number of thiophene rings is 1. The standard InChI is InChI=1S/C22H25ClN2O5S2/c1-10-8-11(2)19(29-7)13(4)16(10)9-17(26)20-21(12(3)15(6)31-20)32(27,28)25-22-18(23)14(5)24-30-22/h8,25H,9H2,1-7H3. The molecule has 0 saturated carbocycles. The topological polar surface area (TPSA) is 98.5 Å². The van der Waals surface area contributed by atoms with Gasteiger partial charge in [0.2, 0.25) is 0 Å². The van der Waals surface area contributed by atoms with Crippen LogP contribution in [0.4, 0.5) is 5.88 Å². The van der Waals surface area contributed by atoms with Crippen LogP contribution in [0.3, 0.4) is 0 Å². The summed E-state index contributed by atoms with van der Waals surface area (Å²) in [5.74, 6) is 0.256. The highest BCUT2D eigenvalue weighted by atomic mass is 35.5. The minimum Gasteiger partial charge on any atom is -0.496 e. The summed E-state index contributed by atoms with van der Waals surface area (Å²) in [4.78, 5) is 14.2. The Balaban J connectivity index is 2.05. The van der Waals surface area contributed by atoms with E-state index in [-0.39, 0.29) is 32.9 Å². The number of ether oxygens (including phenoxy) is 1. The predicted molar refractivity (Wildman–Crippen MR) is 126 cm³/mol. The summed E-state index contributed by atoms with van der Waals surface area (Å²) in [5, 5.41) is 3.74. The summed E-state index contributed by atoms with van der Waals surface area (Å²) in [6.07, 6.45) is 0.0540. The maximum absolute atomic E-state index is 13.4. The molecule has 1 N–H and O–H groups in total. The van der Waals surface area contributed by atoms with Crippen molar-refractivity contribution < 1.29 is 22.5 Å². The Morgan fingerprint density at radius 1 is 1.16 bits per heavy atom. The number of carbonyl (C=O) groups is 1. The smallest absolute Gasteiger partial charge is 0.266 e. The Labute approximate surface area is 196 Å². The van der Waals surface area contributed by atoms with Gasteiger partial charge in [0.1, 0.15) is 21.4 Å². The molecule has 0 bridgehead atoms. The van der Waals surface area contributed by atoms with Crippen LogP contribution in [-0.4, -0.2) is 26.5 Å². The third-order valence-corrected chi connectivity index (χ3v) is 8.80. The number of benzene rings is 1. The first kappa shape index (κ1) is 24.3. The third kappa shape index (κ3) is 4.29. The lowest BCUT2D eigenvalue weighted by molar-refractivity contribution is 0.0993. The molecule has 3 aromatic rings. The second-order valence-electron chi connectivity index (χ2n) is 7.71. The van der Waals surface area contributed by atoms with E-state index in [0.29, 0.717) is 11.3 Å². The van der Waals surface area contributed by atoms with Gasteiger partial charge in [0.05, 0.1) is 12.0 Å². The summed E-state index contributed by atoms with van der Waals surface area (Å²) in [7, 11) is -2.55. The van der Waals surface area contributed by atoms with Gasteiger partial charge in [0.15, 0.2) is 5.78 Å². The van der Waals surface area contributed by atoms with Crippen molar-refractivity contribution in [2.75, 3.05) is 11.8 Å². The third-order valence-electron chi connectivity index (χ3n) is 5.47. The number of rotatable bonds is 7. The van der Waals surface area contributed by atoms with Gasteiger partial charge >= 0.3 is 0 Å². The Bertz CT molecular complexity index is 1320. The van der Waals surface area contributed by atoms with E-state index in [0.717, 1.165) is 44.2 Å². The van der Waals surface area contributed by atoms with Crippen LogP contribution in [0, 0.1) is 41.5 Å². The first-order valence-electron chi connectivity index (χ1n) is 9.80. The van der Waals surface area contributed by atoms with Gasteiger partial charge in [0, 0.05) is 11.3 Å². The molecular formula is C22H25ClN2O5S2. The number of methoxy groups -OCH3 is 1. The molecule has 1 aromatic carbocycles. The molecule has 0 radical (unpaired) electrons. The molecule has 10 heteroatoms. The van der Waals surface area contributed by atoms with E-state index in [4.69, 9.17) is 20.9 Å². The highest BCUT2D eigenvalue weighted by Gasteiger charge is 2.31. The molecule has 0 fully saturated rings. The predicted octanol–water partition coefficient (Wildman–Crippen LogP) is 5.47. The van der Waals surface area contributed by atoms with Crippen LogP contribution in [0.1, 0.15) is 48.1 Å². The highest BCUT2D eigenvalue weighted by molar-refractivity contribution is 7.93. The highest BCUT2D eigenvalue weighted by Crippen LogP contribution is 2.36. The molecule has 0 spiro atoms. The van der Waals surface area contributed by atoms with E-state index in [1.165, 1.54) is 0 Å². The summed E-state index contributed by atoms with van der Waals surface area (Å²) >= 11 is 7.23. The second kappa shape index (κ2) is 8.88. The zero-order valence-electron chi connectivity index (χ0n) is 19.0. The van der Waals surface area contributed by atoms with E-state index in [2.05, 4.69) is 9.88 Å². The number of carbonyl (C=O) groups excluding carboxylic acids is 1. The second-order valence-corrected chi connectivity index (χ2v) is 10.9. The molecule has 2 heterocycles. The Kier molecular flexibility index (Phi) is 6.74. The van der Waals surface area contributed by atoms with Crippen LogP contribution >= 0.6 is 22.9 Å². The van der Waals surface area contributed by atoms with Gasteiger partial charge in [-0.2, -0.15) is 0 Å². The van der Waals surface area contributed by atoms with Gasteiger partial charge in [-0.15, -0.1) is 11.3 Å². The Hall–Kier alpha value is -2.36. The zero-order valence-corrected chi connectivity index (χ0v) is 21.4. The van der Waals surface area contributed by atoms with E-state index in [1.807, 2.05) is 26.8 Å². The summed E-state index contributed by atoms with van der Waals surface area (Å²) in [5.41, 5.74) is 4.49. The first-order chi connectivity index (χ1) is 14.9. The molecule has 7 nitrogen and oxygen atoms in total. The van der Waals surface area contributed by atoms with Crippen molar-refractivity contribution in [2.45, 2.75) is 52.9 Å². The molecule has 32 heavy (non-hydrogen) atoms. The largest absolute Gasteiger partial charge is 0.496 e. The van der Waals surface area contributed by atoms with Crippen molar-refractivity contribution in [3.8, 4) is 5.75 Å². The zero-order chi connectivity index (χ0) is 24.0. The molecule has 3 rings (SSSR count). The van der Waals surface area contributed by atoms with Crippen LogP contribution in [0.25, 0.3) is 0 Å². The van der Waals surface area contributed by atoms with Gasteiger partial charge in [-0.3, -0.25) is 4.79 Å². The number of halogens is 1. The fourth-order valence-corrected chi connectivity index (χ4v) is 6.82. The van der Waals surface area contributed by atoms with E-state index in [1.54, 1.807) is 27.9 Å². The lowest BCUT2D eigenvalue weighted by Gasteiger charge is -2.16. The summed E-state index contributed by atoms with van der Waals surface area (Å²) < 4.78 is 39.3. The van der Waals surface area contributed by atoms with E-state index >= 15 is 0 Å². The molecule has 0 aliphatic rings. The van der Waals surface area contributed by atoms with Gasteiger partial charge in [-0.25, -0.2) is 13.1 Å². The average molecular weight is 497 g/mol. The number of nitrogens with zero attached hydrogens (tertiary/aromatic N) is 1. The average Bonchev–Trinajstić information content (AvgIpc) is 3.18. The van der Waals surface area contributed by atoms with Gasteiger partial charge < -0.3 is 9.26 Å². The molecule has 0 aliphatic heterocycles. The van der Waals surface area contributed by atoms with Crippen LogP contribution < -0.4 is 9.46 Å². The molecule has 0 atom stereocenters. The normalized spacial score (nSPS) is 11.6. The number of aromatic nitrogens is 1. The maximum Gasteiger partial charge on any atom is 0.266 e. The number of anilines is 1. The van der Waals surface area contributed by atoms with Gasteiger partial charge in [-0.05, 0) is 69.4 Å². The first-order valence-corrected chi connectivity index (χ1v) is 12.5. The molecule has 0 unspecified atom stereocenters. The number of Topliss-reactive ketones (excluding diaryl/α,β-unsaturated/α-hetero) is 1. The minimum absolute atomic E-state index is 0.0540. The Morgan fingerprint density at radius 3 is 2.38 bits per heavy atom. The fraction of sp³-hybridized carbons (Fsp3) is 0.364.